The number of para-hydroxylation sites is 3. The fourth-order valence-corrected chi connectivity index (χ4v) is 3.48. The van der Waals surface area contributed by atoms with Crippen molar-refractivity contribution in [1.29, 1.82) is 0 Å². The number of phenolic OH excluding ortho intramolecular Hbond substituents is 1. The van der Waals surface area contributed by atoms with Gasteiger partial charge in [0.05, 0.1) is 10.7 Å². The van der Waals surface area contributed by atoms with Gasteiger partial charge in [0, 0.05) is 12.5 Å². The number of β-amino-alcohol motifs (C(OH)–C–C–N with tert-alkyl or cyclic N) is 1. The zero-order valence-corrected chi connectivity index (χ0v) is 16.3. The van der Waals surface area contributed by atoms with E-state index in [0.717, 1.165) is 13.1 Å². The number of amides is 1. The first-order valence-corrected chi connectivity index (χ1v) is 9.77. The van der Waals surface area contributed by atoms with Crippen molar-refractivity contribution in [1.82, 2.24) is 4.90 Å². The van der Waals surface area contributed by atoms with Crippen LogP contribution in [0.15, 0.2) is 48.5 Å². The van der Waals surface area contributed by atoms with Crippen LogP contribution in [-0.2, 0) is 4.79 Å². The molecule has 1 saturated heterocycles. The number of benzene rings is 2. The van der Waals surface area contributed by atoms with Gasteiger partial charge >= 0.3 is 0 Å². The molecule has 1 amide bonds. The molecule has 1 aliphatic heterocycles. The number of halogens is 1. The molecule has 1 heterocycles. The molecule has 3 N–H and O–H groups in total. The SMILES string of the molecule is O=C(Nc1ccccc1O)C1CCN(CC(O)COc2ccccc2Cl)CC1. The predicted octanol–water partition coefficient (Wildman–Crippen LogP) is 3.14. The molecular weight excluding hydrogens is 380 g/mol. The third kappa shape index (κ3) is 5.61. The molecule has 1 aliphatic rings. The van der Waals surface area contributed by atoms with Crippen molar-refractivity contribution in [3.63, 3.8) is 0 Å². The molecular formula is C21H25ClN2O4. The van der Waals surface area contributed by atoms with Crippen LogP contribution < -0.4 is 10.1 Å². The van der Waals surface area contributed by atoms with E-state index in [0.29, 0.717) is 35.8 Å². The lowest BCUT2D eigenvalue weighted by atomic mass is 9.95. The van der Waals surface area contributed by atoms with Gasteiger partial charge in [-0.1, -0.05) is 35.9 Å². The van der Waals surface area contributed by atoms with E-state index in [2.05, 4.69) is 10.2 Å². The number of aliphatic hydroxyl groups excluding tert-OH is 1. The standard InChI is InChI=1S/C21H25ClN2O4/c22-17-5-1-4-8-20(17)28-14-16(25)13-24-11-9-15(10-12-24)21(27)23-18-6-2-3-7-19(18)26/h1-8,15-16,25-26H,9-14H2,(H,23,27). The van der Waals surface area contributed by atoms with E-state index < -0.39 is 6.10 Å². The molecule has 1 atom stereocenters. The van der Waals surface area contributed by atoms with E-state index >= 15 is 0 Å². The van der Waals surface area contributed by atoms with Crippen LogP contribution in [0.2, 0.25) is 5.02 Å². The third-order valence-corrected chi connectivity index (χ3v) is 5.17. The monoisotopic (exact) mass is 404 g/mol. The Morgan fingerprint density at radius 2 is 1.86 bits per heavy atom. The number of ether oxygens (including phenoxy) is 1. The number of aromatic hydroxyl groups is 1. The van der Waals surface area contributed by atoms with Gasteiger partial charge in [-0.25, -0.2) is 0 Å². The van der Waals surface area contributed by atoms with Crippen LogP contribution in [-0.4, -0.2) is 53.4 Å². The highest BCUT2D eigenvalue weighted by Crippen LogP contribution is 2.25. The zero-order valence-electron chi connectivity index (χ0n) is 15.6. The molecule has 3 rings (SSSR count). The van der Waals surface area contributed by atoms with Crippen LogP contribution in [0.5, 0.6) is 11.5 Å². The quantitative estimate of drug-likeness (QED) is 0.617. The second-order valence-corrected chi connectivity index (χ2v) is 7.38. The van der Waals surface area contributed by atoms with Crippen molar-refractivity contribution in [2.75, 3.05) is 31.6 Å². The third-order valence-electron chi connectivity index (χ3n) is 4.86. The number of aliphatic hydroxyl groups is 1. The van der Waals surface area contributed by atoms with Crippen molar-refractivity contribution in [2.24, 2.45) is 5.92 Å². The first-order chi connectivity index (χ1) is 13.5. The van der Waals surface area contributed by atoms with Gasteiger partial charge in [0.2, 0.25) is 5.91 Å². The first kappa shape index (κ1) is 20.5. The summed E-state index contributed by atoms with van der Waals surface area (Å²) in [5.41, 5.74) is 0.432. The molecule has 0 aliphatic carbocycles. The maximum Gasteiger partial charge on any atom is 0.227 e. The second-order valence-electron chi connectivity index (χ2n) is 6.98. The Morgan fingerprint density at radius 3 is 2.57 bits per heavy atom. The minimum absolute atomic E-state index is 0.0647. The lowest BCUT2D eigenvalue weighted by Gasteiger charge is -2.32. The molecule has 0 bridgehead atoms. The number of phenols is 1. The number of nitrogens with zero attached hydrogens (tertiary/aromatic N) is 1. The molecule has 2 aromatic carbocycles. The number of carbonyl (C=O) groups excluding carboxylic acids is 1. The van der Waals surface area contributed by atoms with E-state index in [-0.39, 0.29) is 24.2 Å². The summed E-state index contributed by atoms with van der Waals surface area (Å²) in [5.74, 6) is 0.439. The molecule has 0 radical (unpaired) electrons. The second kappa shape index (κ2) is 9.78. The molecule has 2 aromatic rings. The van der Waals surface area contributed by atoms with Gasteiger partial charge in [-0.15, -0.1) is 0 Å². The lowest BCUT2D eigenvalue weighted by molar-refractivity contribution is -0.121. The Labute approximate surface area is 169 Å². The summed E-state index contributed by atoms with van der Waals surface area (Å²) < 4.78 is 5.58. The molecule has 28 heavy (non-hydrogen) atoms. The number of likely N-dealkylation sites (tertiary alicyclic amines) is 1. The number of piperidine rings is 1. The fourth-order valence-electron chi connectivity index (χ4n) is 3.29. The van der Waals surface area contributed by atoms with Crippen LogP contribution in [0.25, 0.3) is 0 Å². The summed E-state index contributed by atoms with van der Waals surface area (Å²) in [6.45, 7) is 2.10. The van der Waals surface area contributed by atoms with Gasteiger partial charge < -0.3 is 25.2 Å². The van der Waals surface area contributed by atoms with Gasteiger partial charge in [-0.05, 0) is 50.2 Å². The molecule has 0 aromatic heterocycles. The predicted molar refractivity (Wildman–Crippen MR) is 109 cm³/mol. The van der Waals surface area contributed by atoms with E-state index in [1.165, 1.54) is 0 Å². The molecule has 1 fully saturated rings. The highest BCUT2D eigenvalue weighted by atomic mass is 35.5. The number of nitrogens with one attached hydrogen (secondary N) is 1. The van der Waals surface area contributed by atoms with Crippen molar-refractivity contribution < 1.29 is 19.7 Å². The van der Waals surface area contributed by atoms with Crippen LogP contribution >= 0.6 is 11.6 Å². The lowest BCUT2D eigenvalue weighted by Crippen LogP contribution is -2.42. The van der Waals surface area contributed by atoms with Crippen LogP contribution in [0.4, 0.5) is 5.69 Å². The maximum absolute atomic E-state index is 12.4. The van der Waals surface area contributed by atoms with E-state index in [9.17, 15) is 15.0 Å². The summed E-state index contributed by atoms with van der Waals surface area (Å²) in [6.07, 6.45) is 0.776. The zero-order chi connectivity index (χ0) is 19.9. The van der Waals surface area contributed by atoms with E-state index in [1.54, 1.807) is 36.4 Å². The van der Waals surface area contributed by atoms with E-state index in [1.807, 2.05) is 12.1 Å². The number of hydrogen-bond donors (Lipinski definition) is 3. The summed E-state index contributed by atoms with van der Waals surface area (Å²) >= 11 is 6.04. The topological polar surface area (TPSA) is 82.0 Å². The minimum atomic E-state index is -0.636. The summed E-state index contributed by atoms with van der Waals surface area (Å²) in [6, 6.07) is 13.9. The van der Waals surface area contributed by atoms with Gasteiger partial charge in [0.15, 0.2) is 0 Å². The summed E-state index contributed by atoms with van der Waals surface area (Å²) in [4.78, 5) is 14.5. The smallest absolute Gasteiger partial charge is 0.227 e. The Bertz CT molecular complexity index is 793. The maximum atomic E-state index is 12.4. The number of rotatable bonds is 7. The molecule has 1 unspecified atom stereocenters. The highest BCUT2D eigenvalue weighted by Gasteiger charge is 2.26. The Balaban J connectivity index is 1.40. The number of carbonyl (C=O) groups is 1. The molecule has 0 saturated carbocycles. The fraction of sp³-hybridized carbons (Fsp3) is 0.381. The van der Waals surface area contributed by atoms with Crippen molar-refractivity contribution >= 4 is 23.2 Å². The van der Waals surface area contributed by atoms with Gasteiger partial charge in [-0.2, -0.15) is 0 Å². The molecule has 150 valence electrons. The average Bonchev–Trinajstić information content (AvgIpc) is 2.69. The van der Waals surface area contributed by atoms with E-state index in [4.69, 9.17) is 16.3 Å². The van der Waals surface area contributed by atoms with Crippen LogP contribution in [0.3, 0.4) is 0 Å². The molecule has 6 nitrogen and oxygen atoms in total. The number of hydrogen-bond acceptors (Lipinski definition) is 5. The number of anilines is 1. The minimum Gasteiger partial charge on any atom is -0.506 e. The molecule has 7 heteroatoms. The normalized spacial score (nSPS) is 16.5. The Kier molecular flexibility index (Phi) is 7.14. The average molecular weight is 405 g/mol. The van der Waals surface area contributed by atoms with Crippen molar-refractivity contribution in [3.8, 4) is 11.5 Å². The Morgan fingerprint density at radius 1 is 1.18 bits per heavy atom. The van der Waals surface area contributed by atoms with Crippen molar-refractivity contribution in [3.05, 3.63) is 53.6 Å². The van der Waals surface area contributed by atoms with Crippen molar-refractivity contribution in [2.45, 2.75) is 18.9 Å². The summed E-state index contributed by atoms with van der Waals surface area (Å²) in [5, 5.41) is 23.3. The Hall–Kier alpha value is -2.28. The van der Waals surface area contributed by atoms with Crippen LogP contribution in [0.1, 0.15) is 12.8 Å². The molecule has 0 spiro atoms. The van der Waals surface area contributed by atoms with Gasteiger partial charge in [0.25, 0.3) is 0 Å². The van der Waals surface area contributed by atoms with Gasteiger partial charge in [0.1, 0.15) is 24.2 Å². The van der Waals surface area contributed by atoms with Crippen LogP contribution in [0, 0.1) is 5.92 Å². The highest BCUT2D eigenvalue weighted by molar-refractivity contribution is 6.32. The first-order valence-electron chi connectivity index (χ1n) is 9.39. The largest absolute Gasteiger partial charge is 0.506 e. The summed E-state index contributed by atoms with van der Waals surface area (Å²) in [7, 11) is 0. The van der Waals surface area contributed by atoms with Gasteiger partial charge in [-0.3, -0.25) is 4.79 Å².